The number of aromatic nitrogens is 1. The van der Waals surface area contributed by atoms with Gasteiger partial charge in [-0.25, -0.2) is 0 Å². The van der Waals surface area contributed by atoms with Crippen LogP contribution in [-0.4, -0.2) is 24.1 Å². The van der Waals surface area contributed by atoms with Gasteiger partial charge < -0.3 is 10.2 Å². The number of rotatable bonds is 4. The van der Waals surface area contributed by atoms with Crippen molar-refractivity contribution in [1.82, 2.24) is 10.3 Å². The molecule has 2 rings (SSSR count). The molecule has 0 aliphatic carbocycles. The first kappa shape index (κ1) is 14.3. The number of pyridine rings is 1. The Hall–Kier alpha value is -1.09. The van der Waals surface area contributed by atoms with Gasteiger partial charge in [0.15, 0.2) is 0 Å². The van der Waals surface area contributed by atoms with E-state index < -0.39 is 0 Å². The van der Waals surface area contributed by atoms with Crippen molar-refractivity contribution < 1.29 is 0 Å². The zero-order chi connectivity index (χ0) is 13.9. The third-order valence-electron chi connectivity index (χ3n) is 3.97. The lowest BCUT2D eigenvalue weighted by Crippen LogP contribution is -2.37. The van der Waals surface area contributed by atoms with Crippen LogP contribution in [0.15, 0.2) is 18.3 Å². The van der Waals surface area contributed by atoms with E-state index in [9.17, 15) is 0 Å². The fraction of sp³-hybridized carbons (Fsp3) is 0.688. The van der Waals surface area contributed by atoms with E-state index in [1.54, 1.807) is 0 Å². The first-order chi connectivity index (χ1) is 8.96. The van der Waals surface area contributed by atoms with Gasteiger partial charge in [0.25, 0.3) is 0 Å². The highest BCUT2D eigenvalue weighted by molar-refractivity contribution is 5.47. The molecule has 1 N–H and O–H groups in total. The maximum atomic E-state index is 4.45. The molecular weight excluding hydrogens is 234 g/mol. The molecule has 0 unspecified atom stereocenters. The molecule has 1 fully saturated rings. The summed E-state index contributed by atoms with van der Waals surface area (Å²) >= 11 is 0. The minimum Gasteiger partial charge on any atom is -0.371 e. The standard InChI is InChI=1S/C16H27N3/c1-13(2)18-12-14-11-15(5-8-17-14)19-9-6-16(3,4)7-10-19/h5,8,11,13,18H,6-7,9-10,12H2,1-4H3. The van der Waals surface area contributed by atoms with E-state index in [2.05, 4.69) is 55.0 Å². The molecule has 3 heteroatoms. The summed E-state index contributed by atoms with van der Waals surface area (Å²) in [6, 6.07) is 4.87. The van der Waals surface area contributed by atoms with Gasteiger partial charge in [0.1, 0.15) is 0 Å². The Balaban J connectivity index is 1.99. The summed E-state index contributed by atoms with van der Waals surface area (Å²) in [5, 5.41) is 3.42. The van der Waals surface area contributed by atoms with Crippen molar-refractivity contribution in [1.29, 1.82) is 0 Å². The zero-order valence-electron chi connectivity index (χ0n) is 12.7. The topological polar surface area (TPSA) is 28.2 Å². The summed E-state index contributed by atoms with van der Waals surface area (Å²) in [4.78, 5) is 6.94. The van der Waals surface area contributed by atoms with Gasteiger partial charge in [-0.1, -0.05) is 27.7 Å². The summed E-state index contributed by atoms with van der Waals surface area (Å²) in [6.07, 6.45) is 4.48. The Morgan fingerprint density at radius 3 is 2.63 bits per heavy atom. The lowest BCUT2D eigenvalue weighted by molar-refractivity contribution is 0.280. The molecule has 0 radical (unpaired) electrons. The van der Waals surface area contributed by atoms with Gasteiger partial charge in [0, 0.05) is 37.6 Å². The van der Waals surface area contributed by atoms with Crippen LogP contribution in [0.25, 0.3) is 0 Å². The third-order valence-corrected chi connectivity index (χ3v) is 3.97. The maximum absolute atomic E-state index is 4.45. The van der Waals surface area contributed by atoms with E-state index in [0.29, 0.717) is 11.5 Å². The summed E-state index contributed by atoms with van der Waals surface area (Å²) in [5.74, 6) is 0. The third kappa shape index (κ3) is 4.20. The van der Waals surface area contributed by atoms with Gasteiger partial charge in [-0.15, -0.1) is 0 Å². The molecule has 0 atom stereocenters. The predicted molar refractivity (Wildman–Crippen MR) is 81.4 cm³/mol. The first-order valence-corrected chi connectivity index (χ1v) is 7.39. The van der Waals surface area contributed by atoms with Crippen LogP contribution in [0.3, 0.4) is 0 Å². The van der Waals surface area contributed by atoms with Crippen molar-refractivity contribution in [3.05, 3.63) is 24.0 Å². The van der Waals surface area contributed by atoms with Crippen LogP contribution in [-0.2, 0) is 6.54 Å². The van der Waals surface area contributed by atoms with Gasteiger partial charge in [0.05, 0.1) is 5.69 Å². The molecule has 0 aromatic carbocycles. The number of nitrogens with one attached hydrogen (secondary N) is 1. The van der Waals surface area contributed by atoms with E-state index in [1.807, 2.05) is 6.20 Å². The molecule has 1 aliphatic heterocycles. The Kier molecular flexibility index (Phi) is 4.46. The molecule has 3 nitrogen and oxygen atoms in total. The Morgan fingerprint density at radius 2 is 2.00 bits per heavy atom. The number of hydrogen-bond acceptors (Lipinski definition) is 3. The molecule has 0 bridgehead atoms. The largest absolute Gasteiger partial charge is 0.371 e. The van der Waals surface area contributed by atoms with Crippen LogP contribution in [0.2, 0.25) is 0 Å². The van der Waals surface area contributed by atoms with E-state index in [4.69, 9.17) is 0 Å². The minimum atomic E-state index is 0.501. The summed E-state index contributed by atoms with van der Waals surface area (Å²) in [5.41, 5.74) is 2.97. The van der Waals surface area contributed by atoms with Crippen LogP contribution in [0, 0.1) is 5.41 Å². The zero-order valence-corrected chi connectivity index (χ0v) is 12.7. The lowest BCUT2D eigenvalue weighted by atomic mass is 9.82. The average molecular weight is 261 g/mol. The van der Waals surface area contributed by atoms with Gasteiger partial charge >= 0.3 is 0 Å². The molecule has 0 saturated carbocycles. The smallest absolute Gasteiger partial charge is 0.0562 e. The molecule has 1 aliphatic rings. The van der Waals surface area contributed by atoms with Crippen molar-refractivity contribution in [3.8, 4) is 0 Å². The van der Waals surface area contributed by atoms with Gasteiger partial charge in [-0.3, -0.25) is 4.98 Å². The number of hydrogen-bond donors (Lipinski definition) is 1. The summed E-state index contributed by atoms with van der Waals surface area (Å²) < 4.78 is 0. The highest BCUT2D eigenvalue weighted by Crippen LogP contribution is 2.32. The Bertz CT molecular complexity index is 402. The van der Waals surface area contributed by atoms with E-state index in [1.165, 1.54) is 18.5 Å². The molecule has 106 valence electrons. The van der Waals surface area contributed by atoms with Crippen molar-refractivity contribution >= 4 is 5.69 Å². The van der Waals surface area contributed by atoms with Crippen molar-refractivity contribution in [2.45, 2.75) is 53.1 Å². The summed E-state index contributed by atoms with van der Waals surface area (Å²) in [6.45, 7) is 12.2. The molecule has 1 aromatic rings. The molecule has 2 heterocycles. The van der Waals surface area contributed by atoms with Crippen LogP contribution in [0.1, 0.15) is 46.2 Å². The normalized spacial score (nSPS) is 18.9. The number of piperidine rings is 1. The second-order valence-electron chi connectivity index (χ2n) is 6.69. The van der Waals surface area contributed by atoms with Crippen LogP contribution < -0.4 is 10.2 Å². The predicted octanol–water partition coefficient (Wildman–Crippen LogP) is 3.21. The molecular formula is C16H27N3. The van der Waals surface area contributed by atoms with Crippen LogP contribution >= 0.6 is 0 Å². The second kappa shape index (κ2) is 5.91. The SMILES string of the molecule is CC(C)NCc1cc(N2CCC(C)(C)CC2)ccn1. The Labute approximate surface area is 117 Å². The maximum Gasteiger partial charge on any atom is 0.0562 e. The van der Waals surface area contributed by atoms with Crippen molar-refractivity contribution in [2.24, 2.45) is 5.41 Å². The molecule has 1 aromatic heterocycles. The Morgan fingerprint density at radius 1 is 1.32 bits per heavy atom. The van der Waals surface area contributed by atoms with E-state index in [0.717, 1.165) is 25.3 Å². The fourth-order valence-electron chi connectivity index (χ4n) is 2.44. The van der Waals surface area contributed by atoms with Crippen LogP contribution in [0.5, 0.6) is 0 Å². The summed E-state index contributed by atoms with van der Waals surface area (Å²) in [7, 11) is 0. The quantitative estimate of drug-likeness (QED) is 0.902. The van der Waals surface area contributed by atoms with E-state index >= 15 is 0 Å². The van der Waals surface area contributed by atoms with E-state index in [-0.39, 0.29) is 0 Å². The van der Waals surface area contributed by atoms with Gasteiger partial charge in [0.2, 0.25) is 0 Å². The lowest BCUT2D eigenvalue weighted by Gasteiger charge is -2.38. The van der Waals surface area contributed by atoms with Crippen molar-refractivity contribution in [2.75, 3.05) is 18.0 Å². The first-order valence-electron chi connectivity index (χ1n) is 7.39. The highest BCUT2D eigenvalue weighted by Gasteiger charge is 2.25. The number of nitrogens with zero attached hydrogens (tertiary/aromatic N) is 2. The minimum absolute atomic E-state index is 0.501. The molecule has 0 spiro atoms. The fourth-order valence-corrected chi connectivity index (χ4v) is 2.44. The van der Waals surface area contributed by atoms with Gasteiger partial charge in [-0.05, 0) is 30.4 Å². The monoisotopic (exact) mass is 261 g/mol. The molecule has 1 saturated heterocycles. The number of anilines is 1. The highest BCUT2D eigenvalue weighted by atomic mass is 15.1. The van der Waals surface area contributed by atoms with Gasteiger partial charge in [-0.2, -0.15) is 0 Å². The second-order valence-corrected chi connectivity index (χ2v) is 6.69. The molecule has 0 amide bonds. The molecule has 19 heavy (non-hydrogen) atoms. The van der Waals surface area contributed by atoms with Crippen molar-refractivity contribution in [3.63, 3.8) is 0 Å². The van der Waals surface area contributed by atoms with Crippen LogP contribution in [0.4, 0.5) is 5.69 Å². The average Bonchev–Trinajstić information content (AvgIpc) is 2.37.